The molecular weight excluding hydrogens is 410 g/mol. The van der Waals surface area contributed by atoms with Crippen molar-refractivity contribution < 1.29 is 24.0 Å². The molecule has 0 aliphatic carbocycles. The molecule has 3 amide bonds. The average molecular weight is 433 g/mol. The molecule has 30 heavy (non-hydrogen) atoms. The van der Waals surface area contributed by atoms with Crippen molar-refractivity contribution in [2.24, 2.45) is 0 Å². The number of carbonyl (C=O) groups is 3. The zero-order valence-corrected chi connectivity index (χ0v) is 16.9. The van der Waals surface area contributed by atoms with E-state index in [1.54, 1.807) is 5.48 Å². The standard InChI is InChI=1S/C20H23N3O6S/c24-15-8-9-29-17(11-15)20(27)22-16(13-30-10-4-7-18(25)23-28)19(26)21-12-14-5-2-1-3-6-14/h1-3,5-6,8-9,11,16,28H,4,7,10,12-13H2,(H,21,26)(H,22,27)(H,23,25)/t16-/m0/s1. The molecule has 0 fully saturated rings. The van der Waals surface area contributed by atoms with E-state index in [0.29, 0.717) is 18.7 Å². The molecule has 1 atom stereocenters. The summed E-state index contributed by atoms with van der Waals surface area (Å²) >= 11 is 1.37. The van der Waals surface area contributed by atoms with Gasteiger partial charge >= 0.3 is 0 Å². The summed E-state index contributed by atoms with van der Waals surface area (Å²) in [6.45, 7) is 0.299. The van der Waals surface area contributed by atoms with Crippen LogP contribution in [0.5, 0.6) is 0 Å². The number of hydroxylamine groups is 1. The monoisotopic (exact) mass is 433 g/mol. The molecule has 0 unspecified atom stereocenters. The predicted octanol–water partition coefficient (Wildman–Crippen LogP) is 1.07. The zero-order valence-electron chi connectivity index (χ0n) is 16.1. The molecule has 0 saturated carbocycles. The first-order chi connectivity index (χ1) is 14.5. The van der Waals surface area contributed by atoms with Gasteiger partial charge in [0.1, 0.15) is 6.04 Å². The van der Waals surface area contributed by atoms with Crippen LogP contribution in [0.2, 0.25) is 0 Å². The molecule has 0 radical (unpaired) electrons. The fourth-order valence-electron chi connectivity index (χ4n) is 2.42. The first kappa shape index (κ1) is 23.2. The number of hydrogen-bond donors (Lipinski definition) is 4. The van der Waals surface area contributed by atoms with Crippen LogP contribution in [0.25, 0.3) is 0 Å². The molecule has 0 spiro atoms. The molecule has 0 aliphatic heterocycles. The van der Waals surface area contributed by atoms with Gasteiger partial charge in [0.2, 0.25) is 11.8 Å². The Morgan fingerprint density at radius 2 is 1.90 bits per heavy atom. The van der Waals surface area contributed by atoms with Gasteiger partial charge in [0.25, 0.3) is 5.91 Å². The van der Waals surface area contributed by atoms with Gasteiger partial charge in [-0.1, -0.05) is 30.3 Å². The second-order valence-electron chi connectivity index (χ2n) is 6.27. The van der Waals surface area contributed by atoms with E-state index in [-0.39, 0.29) is 29.3 Å². The molecule has 9 nitrogen and oxygen atoms in total. The highest BCUT2D eigenvalue weighted by Gasteiger charge is 2.22. The lowest BCUT2D eigenvalue weighted by Gasteiger charge is -2.18. The average Bonchev–Trinajstić information content (AvgIpc) is 2.76. The van der Waals surface area contributed by atoms with Crippen LogP contribution in [-0.2, 0) is 16.1 Å². The molecule has 0 aliphatic rings. The highest BCUT2D eigenvalue weighted by Crippen LogP contribution is 2.09. The van der Waals surface area contributed by atoms with Crippen LogP contribution in [-0.4, -0.2) is 40.5 Å². The van der Waals surface area contributed by atoms with Crippen LogP contribution in [0.4, 0.5) is 0 Å². The smallest absolute Gasteiger partial charge is 0.287 e. The first-order valence-electron chi connectivity index (χ1n) is 9.21. The molecule has 4 N–H and O–H groups in total. The predicted molar refractivity (Wildman–Crippen MR) is 111 cm³/mol. The third kappa shape index (κ3) is 8.10. The van der Waals surface area contributed by atoms with E-state index >= 15 is 0 Å². The highest BCUT2D eigenvalue weighted by molar-refractivity contribution is 7.99. The van der Waals surface area contributed by atoms with Crippen LogP contribution in [0, 0.1) is 0 Å². The van der Waals surface area contributed by atoms with Crippen molar-refractivity contribution in [1.29, 1.82) is 0 Å². The molecule has 2 rings (SSSR count). The quantitative estimate of drug-likeness (QED) is 0.236. The van der Waals surface area contributed by atoms with E-state index in [4.69, 9.17) is 9.62 Å². The third-order valence-electron chi connectivity index (χ3n) is 3.96. The largest absolute Gasteiger partial charge is 0.459 e. The summed E-state index contributed by atoms with van der Waals surface area (Å²) in [6.07, 6.45) is 1.76. The molecular formula is C20H23N3O6S. The summed E-state index contributed by atoms with van der Waals surface area (Å²) in [4.78, 5) is 47.5. The van der Waals surface area contributed by atoms with Crippen LogP contribution >= 0.6 is 11.8 Å². The molecule has 1 aromatic carbocycles. The highest BCUT2D eigenvalue weighted by atomic mass is 32.2. The Balaban J connectivity index is 1.95. The fraction of sp³-hybridized carbons (Fsp3) is 0.300. The first-order valence-corrected chi connectivity index (χ1v) is 10.4. The van der Waals surface area contributed by atoms with Crippen molar-refractivity contribution in [3.8, 4) is 0 Å². The van der Waals surface area contributed by atoms with Gasteiger partial charge in [0, 0.05) is 30.9 Å². The molecule has 1 aromatic heterocycles. The summed E-state index contributed by atoms with van der Waals surface area (Å²) in [5.74, 6) is -0.928. The van der Waals surface area contributed by atoms with Gasteiger partial charge in [0.15, 0.2) is 11.2 Å². The Morgan fingerprint density at radius 3 is 2.60 bits per heavy atom. The molecule has 0 bridgehead atoms. The topological polar surface area (TPSA) is 138 Å². The van der Waals surface area contributed by atoms with E-state index < -0.39 is 17.9 Å². The van der Waals surface area contributed by atoms with Gasteiger partial charge in [-0.05, 0) is 17.7 Å². The van der Waals surface area contributed by atoms with Crippen LogP contribution in [0.1, 0.15) is 29.0 Å². The number of carbonyl (C=O) groups excluding carboxylic acids is 3. The van der Waals surface area contributed by atoms with Crippen LogP contribution in [0.3, 0.4) is 0 Å². The van der Waals surface area contributed by atoms with Crippen molar-refractivity contribution >= 4 is 29.5 Å². The number of amides is 3. The maximum absolute atomic E-state index is 12.6. The van der Waals surface area contributed by atoms with Crippen molar-refractivity contribution in [3.63, 3.8) is 0 Å². The fourth-order valence-corrected chi connectivity index (χ4v) is 3.40. The number of thioether (sulfide) groups is 1. The Hall–Kier alpha value is -3.11. The number of rotatable bonds is 11. The Morgan fingerprint density at radius 1 is 1.13 bits per heavy atom. The maximum atomic E-state index is 12.6. The lowest BCUT2D eigenvalue weighted by molar-refractivity contribution is -0.129. The zero-order chi connectivity index (χ0) is 21.8. The lowest BCUT2D eigenvalue weighted by atomic mass is 10.2. The Kier molecular flexibility index (Phi) is 9.62. The summed E-state index contributed by atoms with van der Waals surface area (Å²) in [6, 6.07) is 10.7. The van der Waals surface area contributed by atoms with Crippen LogP contribution in [0.15, 0.2) is 57.9 Å². The van der Waals surface area contributed by atoms with Gasteiger partial charge in [-0.15, -0.1) is 0 Å². The van der Waals surface area contributed by atoms with E-state index in [9.17, 15) is 19.2 Å². The number of benzene rings is 1. The SMILES string of the molecule is O=C(CCCSC[C@H](NC(=O)c1cc(=O)cco1)C(=O)NCc1ccccc1)NO. The lowest BCUT2D eigenvalue weighted by Crippen LogP contribution is -2.48. The summed E-state index contributed by atoms with van der Waals surface area (Å²) in [7, 11) is 0. The van der Waals surface area contributed by atoms with Gasteiger partial charge in [-0.25, -0.2) is 5.48 Å². The second kappa shape index (κ2) is 12.5. The van der Waals surface area contributed by atoms with E-state index in [0.717, 1.165) is 17.9 Å². The third-order valence-corrected chi connectivity index (χ3v) is 5.10. The van der Waals surface area contributed by atoms with Gasteiger partial charge in [-0.3, -0.25) is 24.4 Å². The van der Waals surface area contributed by atoms with Crippen molar-refractivity contribution in [1.82, 2.24) is 16.1 Å². The van der Waals surface area contributed by atoms with Gasteiger partial charge < -0.3 is 15.1 Å². The minimum atomic E-state index is -0.872. The summed E-state index contributed by atoms with van der Waals surface area (Å²) in [5.41, 5.74) is 2.09. The maximum Gasteiger partial charge on any atom is 0.287 e. The van der Waals surface area contributed by atoms with Gasteiger partial charge in [-0.2, -0.15) is 11.8 Å². The van der Waals surface area contributed by atoms with Crippen molar-refractivity contribution in [3.05, 3.63) is 70.3 Å². The molecule has 10 heteroatoms. The number of hydrogen-bond acceptors (Lipinski definition) is 7. The van der Waals surface area contributed by atoms with Crippen molar-refractivity contribution in [2.45, 2.75) is 25.4 Å². The molecule has 160 valence electrons. The van der Waals surface area contributed by atoms with Crippen LogP contribution < -0.4 is 21.5 Å². The normalized spacial score (nSPS) is 11.4. The van der Waals surface area contributed by atoms with Crippen molar-refractivity contribution in [2.75, 3.05) is 11.5 Å². The minimum absolute atomic E-state index is 0.149. The molecule has 2 aromatic rings. The summed E-state index contributed by atoms with van der Waals surface area (Å²) < 4.78 is 5.04. The minimum Gasteiger partial charge on any atom is -0.459 e. The van der Waals surface area contributed by atoms with Gasteiger partial charge in [0.05, 0.1) is 6.26 Å². The number of nitrogens with one attached hydrogen (secondary N) is 3. The molecule has 0 saturated heterocycles. The van der Waals surface area contributed by atoms with E-state index in [1.807, 2.05) is 30.3 Å². The van der Waals surface area contributed by atoms with E-state index in [1.165, 1.54) is 17.8 Å². The Bertz CT molecular complexity index is 903. The summed E-state index contributed by atoms with van der Waals surface area (Å²) in [5, 5.41) is 13.9. The Labute approximate surface area is 177 Å². The second-order valence-corrected chi connectivity index (χ2v) is 7.42. The molecule has 1 heterocycles. The van der Waals surface area contributed by atoms with E-state index in [2.05, 4.69) is 10.6 Å².